The first-order chi connectivity index (χ1) is 8.13. The molecule has 0 spiro atoms. The average molecular weight is 271 g/mol. The summed E-state index contributed by atoms with van der Waals surface area (Å²) >= 11 is 0. The molecule has 1 aromatic carbocycles. The van der Waals surface area contributed by atoms with E-state index in [1.54, 1.807) is 0 Å². The first-order valence-corrected chi connectivity index (χ1v) is 6.37. The van der Waals surface area contributed by atoms with Gasteiger partial charge in [0.15, 0.2) is 0 Å². The Morgan fingerprint density at radius 2 is 2.22 bits per heavy atom. The topological polar surface area (TPSA) is 38.5 Å². The molecule has 1 aliphatic rings. The molecule has 1 fully saturated rings. The van der Waals surface area contributed by atoms with Crippen LogP contribution in [0.3, 0.4) is 0 Å². The van der Waals surface area contributed by atoms with E-state index in [1.807, 2.05) is 19.9 Å². The molecule has 2 N–H and O–H groups in total. The molecule has 3 nitrogen and oxygen atoms in total. The Hall–Kier alpha value is -0.770. The summed E-state index contributed by atoms with van der Waals surface area (Å²) in [6.07, 6.45) is 1.34. The lowest BCUT2D eigenvalue weighted by atomic mass is 10.2. The van der Waals surface area contributed by atoms with E-state index < -0.39 is 0 Å². The average Bonchev–Trinajstić information content (AvgIpc) is 2.63. The predicted octanol–water partition coefficient (Wildman–Crippen LogP) is 2.43. The monoisotopic (exact) mass is 270 g/mol. The van der Waals surface area contributed by atoms with Gasteiger partial charge < -0.3 is 10.5 Å². The van der Waals surface area contributed by atoms with E-state index in [0.29, 0.717) is 6.04 Å². The van der Waals surface area contributed by atoms with Crippen LogP contribution in [0.2, 0.25) is 0 Å². The molecule has 18 heavy (non-hydrogen) atoms. The van der Waals surface area contributed by atoms with Gasteiger partial charge in [0.25, 0.3) is 0 Å². The Morgan fingerprint density at radius 1 is 1.44 bits per heavy atom. The summed E-state index contributed by atoms with van der Waals surface area (Å²) in [5.41, 5.74) is 7.21. The van der Waals surface area contributed by atoms with Crippen LogP contribution < -0.4 is 10.5 Å². The minimum Gasteiger partial charge on any atom is -0.491 e. The quantitative estimate of drug-likeness (QED) is 0.913. The van der Waals surface area contributed by atoms with Crippen molar-refractivity contribution in [3.05, 3.63) is 29.8 Å². The lowest BCUT2D eigenvalue weighted by Crippen LogP contribution is -2.26. The highest BCUT2D eigenvalue weighted by atomic mass is 35.5. The van der Waals surface area contributed by atoms with Gasteiger partial charge in [0.2, 0.25) is 0 Å². The van der Waals surface area contributed by atoms with Crippen molar-refractivity contribution in [3.63, 3.8) is 0 Å². The van der Waals surface area contributed by atoms with Crippen LogP contribution in [0.25, 0.3) is 0 Å². The smallest absolute Gasteiger partial charge is 0.120 e. The molecule has 102 valence electrons. The van der Waals surface area contributed by atoms with E-state index in [-0.39, 0.29) is 18.5 Å². The Bertz CT molecular complexity index is 371. The molecule has 1 unspecified atom stereocenters. The minimum absolute atomic E-state index is 0. The van der Waals surface area contributed by atoms with Crippen LogP contribution in [-0.2, 0) is 6.54 Å². The van der Waals surface area contributed by atoms with Crippen molar-refractivity contribution < 1.29 is 4.74 Å². The number of rotatable bonds is 4. The van der Waals surface area contributed by atoms with Gasteiger partial charge in [0, 0.05) is 25.7 Å². The normalized spacial score (nSPS) is 19.9. The van der Waals surface area contributed by atoms with Gasteiger partial charge in [-0.05, 0) is 38.0 Å². The standard InChI is InChI=1S/C14H22N2O.ClH/c1-11(2)17-14-5-3-4-12(8-14)9-16-7-6-13(15)10-16;/h3-5,8,11,13H,6-7,9-10,15H2,1-2H3;1H. The van der Waals surface area contributed by atoms with Gasteiger partial charge >= 0.3 is 0 Å². The molecule has 0 bridgehead atoms. The fourth-order valence-electron chi connectivity index (χ4n) is 2.25. The summed E-state index contributed by atoms with van der Waals surface area (Å²) in [5.74, 6) is 0.959. The van der Waals surface area contributed by atoms with Crippen LogP contribution in [0.15, 0.2) is 24.3 Å². The lowest BCUT2D eigenvalue weighted by molar-refractivity contribution is 0.241. The maximum absolute atomic E-state index is 5.91. The van der Waals surface area contributed by atoms with E-state index in [9.17, 15) is 0 Å². The third-order valence-electron chi connectivity index (χ3n) is 2.99. The predicted molar refractivity (Wildman–Crippen MR) is 77.3 cm³/mol. The Labute approximate surface area is 116 Å². The molecule has 0 aromatic heterocycles. The molecular formula is C14H23ClN2O. The molecule has 0 aliphatic carbocycles. The summed E-state index contributed by atoms with van der Waals surface area (Å²) in [7, 11) is 0. The van der Waals surface area contributed by atoms with Gasteiger partial charge in [-0.3, -0.25) is 4.90 Å². The highest BCUT2D eigenvalue weighted by Gasteiger charge is 2.18. The van der Waals surface area contributed by atoms with Crippen molar-refractivity contribution in [1.29, 1.82) is 0 Å². The summed E-state index contributed by atoms with van der Waals surface area (Å²) in [4.78, 5) is 2.40. The first kappa shape index (κ1) is 15.3. The van der Waals surface area contributed by atoms with Crippen LogP contribution in [-0.4, -0.2) is 30.1 Å². The number of nitrogens with two attached hydrogens (primary N) is 1. The van der Waals surface area contributed by atoms with Crippen LogP contribution in [0, 0.1) is 0 Å². The molecule has 1 atom stereocenters. The molecule has 0 amide bonds. The van der Waals surface area contributed by atoms with Gasteiger partial charge in [0.05, 0.1) is 6.10 Å². The summed E-state index contributed by atoms with van der Waals surface area (Å²) in [5, 5.41) is 0. The van der Waals surface area contributed by atoms with Crippen LogP contribution in [0.5, 0.6) is 5.75 Å². The summed E-state index contributed by atoms with van der Waals surface area (Å²) in [6, 6.07) is 8.70. The van der Waals surface area contributed by atoms with Crippen LogP contribution >= 0.6 is 12.4 Å². The summed E-state index contributed by atoms with van der Waals surface area (Å²) in [6.45, 7) is 7.19. The highest BCUT2D eigenvalue weighted by molar-refractivity contribution is 5.85. The number of likely N-dealkylation sites (tertiary alicyclic amines) is 1. The van der Waals surface area contributed by atoms with Crippen LogP contribution in [0.4, 0.5) is 0 Å². The molecule has 1 saturated heterocycles. The number of benzene rings is 1. The molecule has 0 saturated carbocycles. The molecule has 4 heteroatoms. The molecule has 1 aliphatic heterocycles. The zero-order valence-corrected chi connectivity index (χ0v) is 12.0. The second kappa shape index (κ2) is 6.98. The Morgan fingerprint density at radius 3 is 2.83 bits per heavy atom. The largest absolute Gasteiger partial charge is 0.491 e. The number of ether oxygens (including phenoxy) is 1. The fraction of sp³-hybridized carbons (Fsp3) is 0.571. The number of hydrogen-bond acceptors (Lipinski definition) is 3. The third-order valence-corrected chi connectivity index (χ3v) is 2.99. The maximum atomic E-state index is 5.91. The molecular weight excluding hydrogens is 248 g/mol. The van der Waals surface area contributed by atoms with Crippen molar-refractivity contribution in [2.45, 2.75) is 39.0 Å². The van der Waals surface area contributed by atoms with E-state index in [2.05, 4.69) is 23.1 Å². The van der Waals surface area contributed by atoms with Crippen molar-refractivity contribution in [2.75, 3.05) is 13.1 Å². The van der Waals surface area contributed by atoms with Crippen molar-refractivity contribution in [2.24, 2.45) is 5.73 Å². The van der Waals surface area contributed by atoms with E-state index in [1.165, 1.54) is 5.56 Å². The Kier molecular flexibility index (Phi) is 5.93. The third kappa shape index (κ3) is 4.48. The summed E-state index contributed by atoms with van der Waals surface area (Å²) < 4.78 is 5.70. The van der Waals surface area contributed by atoms with Crippen molar-refractivity contribution in [1.82, 2.24) is 4.90 Å². The number of nitrogens with zero attached hydrogens (tertiary/aromatic N) is 1. The van der Waals surface area contributed by atoms with Gasteiger partial charge in [0.1, 0.15) is 5.75 Å². The Balaban J connectivity index is 0.00000162. The molecule has 1 aromatic rings. The van der Waals surface area contributed by atoms with E-state index >= 15 is 0 Å². The van der Waals surface area contributed by atoms with E-state index in [0.717, 1.165) is 31.8 Å². The molecule has 2 rings (SSSR count). The minimum atomic E-state index is 0. The maximum Gasteiger partial charge on any atom is 0.120 e. The van der Waals surface area contributed by atoms with Gasteiger partial charge in [-0.2, -0.15) is 0 Å². The van der Waals surface area contributed by atoms with Crippen LogP contribution in [0.1, 0.15) is 25.8 Å². The number of hydrogen-bond donors (Lipinski definition) is 1. The number of halogens is 1. The van der Waals surface area contributed by atoms with Gasteiger partial charge in [-0.25, -0.2) is 0 Å². The SMILES string of the molecule is CC(C)Oc1cccc(CN2CCC(N)C2)c1.Cl. The first-order valence-electron chi connectivity index (χ1n) is 6.37. The molecule has 0 radical (unpaired) electrons. The highest BCUT2D eigenvalue weighted by Crippen LogP contribution is 2.18. The zero-order chi connectivity index (χ0) is 12.3. The molecule has 1 heterocycles. The van der Waals surface area contributed by atoms with Crippen molar-refractivity contribution >= 4 is 12.4 Å². The second-order valence-electron chi connectivity index (χ2n) is 5.10. The fourth-order valence-corrected chi connectivity index (χ4v) is 2.25. The lowest BCUT2D eigenvalue weighted by Gasteiger charge is -2.16. The van der Waals surface area contributed by atoms with Gasteiger partial charge in [-0.1, -0.05) is 12.1 Å². The zero-order valence-electron chi connectivity index (χ0n) is 11.1. The second-order valence-corrected chi connectivity index (χ2v) is 5.10. The van der Waals surface area contributed by atoms with E-state index in [4.69, 9.17) is 10.5 Å². The van der Waals surface area contributed by atoms with Crippen molar-refractivity contribution in [3.8, 4) is 5.75 Å². The van der Waals surface area contributed by atoms with Gasteiger partial charge in [-0.15, -0.1) is 12.4 Å².